The van der Waals surface area contributed by atoms with Gasteiger partial charge in [-0.15, -0.1) is 0 Å². The second kappa shape index (κ2) is 6.62. The number of hydrogen-bond acceptors (Lipinski definition) is 5. The first-order chi connectivity index (χ1) is 10.8. The number of nitrogens with one attached hydrogen (secondary N) is 1. The van der Waals surface area contributed by atoms with Crippen molar-refractivity contribution in [2.45, 2.75) is 17.8 Å². The van der Waals surface area contributed by atoms with Gasteiger partial charge in [-0.3, -0.25) is 0 Å². The predicted octanol–water partition coefficient (Wildman–Crippen LogP) is 3.43. The highest BCUT2D eigenvalue weighted by Gasteiger charge is 2.14. The molecule has 0 saturated heterocycles. The van der Waals surface area contributed by atoms with Crippen molar-refractivity contribution in [3.63, 3.8) is 0 Å². The van der Waals surface area contributed by atoms with Gasteiger partial charge >= 0.3 is 5.97 Å². The Morgan fingerprint density at radius 2 is 2.14 bits per heavy atom. The molecular formula is C16H15N3O2S. The Kier molecular flexibility index (Phi) is 4.39. The largest absolute Gasteiger partial charge is 0.461 e. The summed E-state index contributed by atoms with van der Waals surface area (Å²) in [6.07, 6.45) is 1.60. The fourth-order valence-electron chi connectivity index (χ4n) is 2.08. The number of H-pyrrole nitrogens is 1. The van der Waals surface area contributed by atoms with Gasteiger partial charge < -0.3 is 9.72 Å². The molecular weight excluding hydrogens is 298 g/mol. The molecule has 0 atom stereocenters. The minimum Gasteiger partial charge on any atom is -0.461 e. The van der Waals surface area contributed by atoms with Crippen molar-refractivity contribution in [2.75, 3.05) is 6.61 Å². The average Bonchev–Trinajstić information content (AvgIpc) is 2.96. The number of benzene rings is 1. The van der Waals surface area contributed by atoms with Crippen molar-refractivity contribution in [1.29, 1.82) is 0 Å². The van der Waals surface area contributed by atoms with Crippen LogP contribution < -0.4 is 0 Å². The number of para-hydroxylation sites is 2. The van der Waals surface area contributed by atoms with Crippen LogP contribution in [0.15, 0.2) is 47.8 Å². The smallest absolute Gasteiger partial charge is 0.357 e. The Balaban J connectivity index is 1.77. The highest BCUT2D eigenvalue weighted by molar-refractivity contribution is 7.98. The number of carbonyl (C=O) groups excluding carboxylic acids is 1. The lowest BCUT2D eigenvalue weighted by Gasteiger charge is -2.06. The number of nitrogens with zero attached hydrogens (tertiary/aromatic N) is 2. The zero-order valence-electron chi connectivity index (χ0n) is 12.1. The summed E-state index contributed by atoms with van der Waals surface area (Å²) in [4.78, 5) is 23.8. The molecule has 2 heterocycles. The maximum Gasteiger partial charge on any atom is 0.357 e. The Labute approximate surface area is 132 Å². The standard InChI is InChI=1S/C16H15N3O2S/c1-2-21-15(20)14-11(6-5-9-17-14)10-22-16-18-12-7-3-4-8-13(12)19-16/h3-9H,2,10H2,1H3,(H,18,19). The van der Waals surface area contributed by atoms with Crippen molar-refractivity contribution < 1.29 is 9.53 Å². The van der Waals surface area contributed by atoms with Crippen LogP contribution in [-0.2, 0) is 10.5 Å². The summed E-state index contributed by atoms with van der Waals surface area (Å²) in [5, 5.41) is 0.819. The van der Waals surface area contributed by atoms with E-state index in [9.17, 15) is 4.79 Å². The monoisotopic (exact) mass is 313 g/mol. The normalized spacial score (nSPS) is 10.8. The van der Waals surface area contributed by atoms with Crippen LogP contribution >= 0.6 is 11.8 Å². The van der Waals surface area contributed by atoms with E-state index in [-0.39, 0.29) is 5.97 Å². The second-order valence-corrected chi connectivity index (χ2v) is 5.54. The summed E-state index contributed by atoms with van der Waals surface area (Å²) in [6.45, 7) is 2.12. The minimum absolute atomic E-state index is 0.339. The van der Waals surface area contributed by atoms with Gasteiger partial charge in [0.25, 0.3) is 0 Å². The number of esters is 1. The molecule has 3 aromatic rings. The average molecular weight is 313 g/mol. The van der Waals surface area contributed by atoms with E-state index >= 15 is 0 Å². The molecule has 112 valence electrons. The van der Waals surface area contributed by atoms with Crippen LogP contribution in [0.3, 0.4) is 0 Å². The molecule has 0 saturated carbocycles. The molecule has 0 radical (unpaired) electrons. The van der Waals surface area contributed by atoms with Crippen molar-refractivity contribution in [3.8, 4) is 0 Å². The van der Waals surface area contributed by atoms with E-state index in [0.717, 1.165) is 21.8 Å². The van der Waals surface area contributed by atoms with Crippen LogP contribution in [-0.4, -0.2) is 27.5 Å². The fraction of sp³-hybridized carbons (Fsp3) is 0.188. The van der Waals surface area contributed by atoms with Gasteiger partial charge in [-0.1, -0.05) is 30.0 Å². The molecule has 1 aromatic carbocycles. The van der Waals surface area contributed by atoms with E-state index in [1.165, 1.54) is 11.8 Å². The molecule has 5 nitrogen and oxygen atoms in total. The van der Waals surface area contributed by atoms with Gasteiger partial charge in [-0.05, 0) is 30.7 Å². The number of thioether (sulfide) groups is 1. The summed E-state index contributed by atoms with van der Waals surface area (Å²) in [6, 6.07) is 11.6. The second-order valence-electron chi connectivity index (χ2n) is 4.58. The Hall–Kier alpha value is -2.34. The Morgan fingerprint density at radius 3 is 2.95 bits per heavy atom. The molecule has 6 heteroatoms. The SMILES string of the molecule is CCOC(=O)c1ncccc1CSc1nc2ccccc2[nH]1. The quantitative estimate of drug-likeness (QED) is 0.577. The summed E-state index contributed by atoms with van der Waals surface area (Å²) in [5.74, 6) is 0.213. The number of aromatic amines is 1. The molecule has 0 spiro atoms. The zero-order valence-corrected chi connectivity index (χ0v) is 12.9. The lowest BCUT2D eigenvalue weighted by atomic mass is 10.2. The van der Waals surface area contributed by atoms with Crippen LogP contribution in [0.25, 0.3) is 11.0 Å². The first-order valence-electron chi connectivity index (χ1n) is 6.96. The molecule has 1 N–H and O–H groups in total. The zero-order chi connectivity index (χ0) is 15.4. The minimum atomic E-state index is -0.386. The maximum atomic E-state index is 11.9. The topological polar surface area (TPSA) is 67.9 Å². The van der Waals surface area contributed by atoms with Crippen molar-refractivity contribution in [1.82, 2.24) is 15.0 Å². The van der Waals surface area contributed by atoms with Crippen LogP contribution in [0.5, 0.6) is 0 Å². The fourth-order valence-corrected chi connectivity index (χ4v) is 2.95. The van der Waals surface area contributed by atoms with E-state index < -0.39 is 0 Å². The molecule has 0 amide bonds. The lowest BCUT2D eigenvalue weighted by Crippen LogP contribution is -2.10. The molecule has 0 unspecified atom stereocenters. The third-order valence-corrected chi connectivity index (χ3v) is 4.01. The molecule has 0 aliphatic heterocycles. The molecule has 2 aromatic heterocycles. The van der Waals surface area contributed by atoms with Gasteiger partial charge in [0.1, 0.15) is 0 Å². The highest BCUT2D eigenvalue weighted by Crippen LogP contribution is 2.24. The number of rotatable bonds is 5. The van der Waals surface area contributed by atoms with Crippen LogP contribution in [0.2, 0.25) is 0 Å². The molecule has 3 rings (SSSR count). The van der Waals surface area contributed by atoms with Gasteiger partial charge in [0, 0.05) is 11.9 Å². The molecule has 0 fully saturated rings. The van der Waals surface area contributed by atoms with Gasteiger partial charge in [0.2, 0.25) is 0 Å². The van der Waals surface area contributed by atoms with Gasteiger partial charge in [-0.2, -0.15) is 0 Å². The molecule has 0 aliphatic carbocycles. The number of pyridine rings is 1. The van der Waals surface area contributed by atoms with E-state index in [4.69, 9.17) is 4.74 Å². The van der Waals surface area contributed by atoms with E-state index in [1.54, 1.807) is 13.1 Å². The Morgan fingerprint density at radius 1 is 1.27 bits per heavy atom. The summed E-state index contributed by atoms with van der Waals surface area (Å²) in [5.41, 5.74) is 3.14. The number of hydrogen-bond donors (Lipinski definition) is 1. The first-order valence-corrected chi connectivity index (χ1v) is 7.95. The van der Waals surface area contributed by atoms with Crippen LogP contribution in [0.1, 0.15) is 23.0 Å². The predicted molar refractivity (Wildman–Crippen MR) is 85.8 cm³/mol. The summed E-state index contributed by atoms with van der Waals surface area (Å²) in [7, 11) is 0. The van der Waals surface area contributed by atoms with Gasteiger partial charge in [-0.25, -0.2) is 14.8 Å². The summed E-state index contributed by atoms with van der Waals surface area (Å²) < 4.78 is 5.03. The number of carbonyl (C=O) groups is 1. The van der Waals surface area contributed by atoms with Crippen LogP contribution in [0, 0.1) is 0 Å². The third kappa shape index (κ3) is 3.12. The number of fused-ring (bicyclic) bond motifs is 1. The number of imidazole rings is 1. The van der Waals surface area contributed by atoms with Gasteiger partial charge in [0.15, 0.2) is 10.9 Å². The van der Waals surface area contributed by atoms with Crippen molar-refractivity contribution in [2.24, 2.45) is 0 Å². The molecule has 0 aliphatic rings. The third-order valence-electron chi connectivity index (χ3n) is 3.09. The van der Waals surface area contributed by atoms with E-state index in [2.05, 4.69) is 15.0 Å². The molecule has 22 heavy (non-hydrogen) atoms. The lowest BCUT2D eigenvalue weighted by molar-refractivity contribution is 0.0518. The van der Waals surface area contributed by atoms with E-state index in [1.807, 2.05) is 36.4 Å². The van der Waals surface area contributed by atoms with Crippen molar-refractivity contribution in [3.05, 3.63) is 53.9 Å². The van der Waals surface area contributed by atoms with Crippen molar-refractivity contribution >= 4 is 28.8 Å². The number of aromatic nitrogens is 3. The number of ether oxygens (including phenoxy) is 1. The maximum absolute atomic E-state index is 11.9. The highest BCUT2D eigenvalue weighted by atomic mass is 32.2. The Bertz CT molecular complexity index is 768. The molecule has 0 bridgehead atoms. The first kappa shape index (κ1) is 14.6. The summed E-state index contributed by atoms with van der Waals surface area (Å²) >= 11 is 1.53. The van der Waals surface area contributed by atoms with E-state index in [0.29, 0.717) is 18.1 Å². The van der Waals surface area contributed by atoms with Crippen LogP contribution in [0.4, 0.5) is 0 Å². The van der Waals surface area contributed by atoms with Gasteiger partial charge in [0.05, 0.1) is 17.6 Å².